The van der Waals surface area contributed by atoms with Crippen LogP contribution in [0.3, 0.4) is 0 Å². The molecule has 1 heterocycles. The van der Waals surface area contributed by atoms with Gasteiger partial charge in [-0.1, -0.05) is 71.9 Å². The van der Waals surface area contributed by atoms with Crippen LogP contribution in [0.4, 0.5) is 18.9 Å². The molecule has 0 saturated heterocycles. The third-order valence-corrected chi connectivity index (χ3v) is 7.64. The van der Waals surface area contributed by atoms with Gasteiger partial charge in [-0.25, -0.2) is 0 Å². The second kappa shape index (κ2) is 9.46. The largest absolute Gasteiger partial charge is 0.405 e. The fraction of sp³-hybridized carbons (Fsp3) is 0.520. The lowest BCUT2D eigenvalue weighted by Gasteiger charge is -2.60. The zero-order valence-electron chi connectivity index (χ0n) is 21.6. The van der Waals surface area contributed by atoms with Crippen LogP contribution >= 0.6 is 0 Å². The van der Waals surface area contributed by atoms with E-state index in [4.69, 9.17) is 10.2 Å². The number of benzene rings is 1. The predicted octanol–water partition coefficient (Wildman–Crippen LogP) is 3.87. The summed E-state index contributed by atoms with van der Waals surface area (Å²) in [5, 5.41) is 2.60. The van der Waals surface area contributed by atoms with Gasteiger partial charge >= 0.3 is 6.18 Å². The molecule has 1 aromatic carbocycles. The number of nitrogens with one attached hydrogen (secondary N) is 1. The van der Waals surface area contributed by atoms with Gasteiger partial charge in [-0.3, -0.25) is 14.2 Å². The van der Waals surface area contributed by atoms with Crippen LogP contribution in [-0.2, 0) is 15.8 Å². The SMILES string of the molecule is CC(C)(C)C(NC(=O)Cn1c(-c2ccccc2)ccc(N)c1=O)(O[SiH3])C(C)(C(C)(C)C)C(F)(F)F. The number of nitrogen functional groups attached to an aromatic ring is 1. The number of aromatic nitrogens is 1. The summed E-state index contributed by atoms with van der Waals surface area (Å²) in [6, 6.07) is 11.9. The Balaban J connectivity index is 2.67. The molecule has 0 bridgehead atoms. The predicted molar refractivity (Wildman–Crippen MR) is 136 cm³/mol. The zero-order chi connectivity index (χ0) is 27.0. The van der Waals surface area contributed by atoms with Gasteiger partial charge in [0.25, 0.3) is 5.56 Å². The number of rotatable bonds is 6. The number of halogens is 3. The van der Waals surface area contributed by atoms with Crippen molar-refractivity contribution < 1.29 is 22.4 Å². The summed E-state index contributed by atoms with van der Waals surface area (Å²) in [6.07, 6.45) is -4.72. The number of hydrogen-bond donors (Lipinski definition) is 2. The van der Waals surface area contributed by atoms with Gasteiger partial charge in [-0.15, -0.1) is 0 Å². The van der Waals surface area contributed by atoms with E-state index in [0.29, 0.717) is 11.3 Å². The van der Waals surface area contributed by atoms with Gasteiger partial charge < -0.3 is 15.5 Å². The Morgan fingerprint density at radius 1 is 0.971 bits per heavy atom. The van der Waals surface area contributed by atoms with Crippen molar-refractivity contribution in [1.82, 2.24) is 9.88 Å². The molecule has 6 nitrogen and oxygen atoms in total. The van der Waals surface area contributed by atoms with E-state index in [0.717, 1.165) is 6.92 Å². The van der Waals surface area contributed by atoms with Crippen molar-refractivity contribution in [2.45, 2.75) is 66.9 Å². The summed E-state index contributed by atoms with van der Waals surface area (Å²) in [5.74, 6) is -0.791. The summed E-state index contributed by atoms with van der Waals surface area (Å²) in [4.78, 5) is 26.3. The molecule has 2 unspecified atom stereocenters. The Morgan fingerprint density at radius 2 is 1.51 bits per heavy atom. The molecule has 0 aliphatic rings. The Kier molecular flexibility index (Phi) is 7.74. The second-order valence-corrected chi connectivity index (χ2v) is 11.4. The number of anilines is 1. The maximum atomic E-state index is 14.8. The molecule has 2 atom stereocenters. The van der Waals surface area contributed by atoms with Crippen LogP contribution in [0.25, 0.3) is 11.3 Å². The van der Waals surface area contributed by atoms with E-state index < -0.39 is 46.2 Å². The highest BCUT2D eigenvalue weighted by Crippen LogP contribution is 2.61. The van der Waals surface area contributed by atoms with Crippen molar-refractivity contribution in [2.24, 2.45) is 16.2 Å². The lowest BCUT2D eigenvalue weighted by atomic mass is 9.55. The van der Waals surface area contributed by atoms with Gasteiger partial charge in [0.05, 0.1) is 11.4 Å². The van der Waals surface area contributed by atoms with Gasteiger partial charge in [0.15, 0.2) is 0 Å². The van der Waals surface area contributed by atoms with Crippen molar-refractivity contribution in [3.8, 4) is 11.3 Å². The van der Waals surface area contributed by atoms with Gasteiger partial charge in [0.2, 0.25) is 5.91 Å². The van der Waals surface area contributed by atoms with Crippen LogP contribution in [0.1, 0.15) is 48.5 Å². The molecule has 2 rings (SSSR count). The average molecular weight is 512 g/mol. The van der Waals surface area contributed by atoms with E-state index in [2.05, 4.69) is 5.32 Å². The van der Waals surface area contributed by atoms with Crippen LogP contribution in [0.2, 0.25) is 0 Å². The Bertz CT molecular complexity index is 1110. The van der Waals surface area contributed by atoms with Crippen LogP contribution in [0.15, 0.2) is 47.3 Å². The quantitative estimate of drug-likeness (QED) is 0.456. The molecule has 0 radical (unpaired) electrons. The Morgan fingerprint density at radius 3 is 1.94 bits per heavy atom. The van der Waals surface area contributed by atoms with E-state index in [1.54, 1.807) is 57.2 Å². The van der Waals surface area contributed by atoms with Crippen LogP contribution in [-0.4, -0.2) is 32.9 Å². The number of carbonyl (C=O) groups excluding carboxylic acids is 1. The fourth-order valence-corrected chi connectivity index (χ4v) is 5.89. The summed E-state index contributed by atoms with van der Waals surface area (Å²) < 4.78 is 51.4. The van der Waals surface area contributed by atoms with E-state index in [1.165, 1.54) is 31.4 Å². The first kappa shape index (κ1) is 28.6. The van der Waals surface area contributed by atoms with Crippen LogP contribution < -0.4 is 16.6 Å². The minimum atomic E-state index is -4.72. The van der Waals surface area contributed by atoms with Crippen LogP contribution in [0.5, 0.6) is 0 Å². The second-order valence-electron chi connectivity index (χ2n) is 11.0. The number of carbonyl (C=O) groups is 1. The van der Waals surface area contributed by atoms with Gasteiger partial charge in [-0.2, -0.15) is 13.2 Å². The third kappa shape index (κ3) is 4.91. The standard InChI is InChI=1S/C25H36F3N3O3Si/c1-21(2,3)23(7,25(26,27)28)24(34-35,22(4,5)6)30-19(32)15-31-18(14-13-17(29)20(31)33)16-11-9-8-10-12-16/h8-14H,15,29H2,1-7,35H3,(H,30,32). The maximum absolute atomic E-state index is 14.8. The highest BCUT2D eigenvalue weighted by Gasteiger charge is 2.72. The van der Waals surface area contributed by atoms with Crippen LogP contribution in [0, 0.1) is 16.2 Å². The van der Waals surface area contributed by atoms with Crippen molar-refractivity contribution >= 4 is 22.1 Å². The van der Waals surface area contributed by atoms with Gasteiger partial charge in [0, 0.05) is 5.41 Å². The normalized spacial score (nSPS) is 16.4. The van der Waals surface area contributed by atoms with E-state index in [1.807, 2.05) is 0 Å². The monoisotopic (exact) mass is 511 g/mol. The molecule has 35 heavy (non-hydrogen) atoms. The van der Waals surface area contributed by atoms with E-state index in [-0.39, 0.29) is 16.2 Å². The average Bonchev–Trinajstić information content (AvgIpc) is 2.73. The molecule has 194 valence electrons. The number of nitrogens with zero attached hydrogens (tertiary/aromatic N) is 1. The molecule has 0 aliphatic carbocycles. The Hall–Kier alpha value is -2.59. The molecule has 0 aliphatic heterocycles. The molecule has 3 N–H and O–H groups in total. The van der Waals surface area contributed by atoms with Crippen molar-refractivity contribution in [1.29, 1.82) is 0 Å². The highest BCUT2D eigenvalue weighted by molar-refractivity contribution is 5.98. The van der Waals surface area contributed by atoms with Crippen molar-refractivity contribution in [3.05, 3.63) is 52.8 Å². The molecular formula is C25H36F3N3O3Si. The number of amides is 1. The van der Waals surface area contributed by atoms with E-state index in [9.17, 15) is 22.8 Å². The zero-order valence-corrected chi connectivity index (χ0v) is 23.6. The number of alkyl halides is 3. The maximum Gasteiger partial charge on any atom is 0.399 e. The van der Waals surface area contributed by atoms with E-state index >= 15 is 0 Å². The summed E-state index contributed by atoms with van der Waals surface area (Å²) in [5.41, 5.74) is -0.891. The molecule has 2 aromatic rings. The number of hydrogen-bond acceptors (Lipinski definition) is 4. The lowest BCUT2D eigenvalue weighted by Crippen LogP contribution is -2.75. The third-order valence-electron chi connectivity index (χ3n) is 7.02. The minimum absolute atomic E-state index is 0.0747. The minimum Gasteiger partial charge on any atom is -0.405 e. The lowest BCUT2D eigenvalue weighted by molar-refractivity contribution is -0.332. The molecule has 0 spiro atoms. The van der Waals surface area contributed by atoms with Crippen molar-refractivity contribution in [2.75, 3.05) is 5.73 Å². The highest BCUT2D eigenvalue weighted by atomic mass is 28.2. The molecule has 0 fully saturated rings. The molecule has 0 saturated carbocycles. The first-order chi connectivity index (χ1) is 15.8. The van der Waals surface area contributed by atoms with Gasteiger partial charge in [-0.05, 0) is 30.0 Å². The molecular weight excluding hydrogens is 475 g/mol. The first-order valence-electron chi connectivity index (χ1n) is 11.3. The number of pyridine rings is 1. The fourth-order valence-electron chi connectivity index (χ4n) is 4.77. The Labute approximate surface area is 207 Å². The smallest absolute Gasteiger partial charge is 0.399 e. The summed E-state index contributed by atoms with van der Waals surface area (Å²) >= 11 is 0. The number of nitrogens with two attached hydrogens (primary N) is 1. The first-order valence-corrected chi connectivity index (χ1v) is 12.1. The molecule has 10 heteroatoms. The van der Waals surface area contributed by atoms with Gasteiger partial charge in [0.1, 0.15) is 28.2 Å². The summed E-state index contributed by atoms with van der Waals surface area (Å²) in [7, 11) is -0.0747. The van der Waals surface area contributed by atoms with Crippen molar-refractivity contribution in [3.63, 3.8) is 0 Å². The topological polar surface area (TPSA) is 86.4 Å². The molecule has 1 amide bonds. The summed E-state index contributed by atoms with van der Waals surface area (Å²) in [6.45, 7) is 9.78. The molecule has 1 aromatic heterocycles.